The second kappa shape index (κ2) is 6.03. The molecule has 0 bridgehead atoms. The number of hydrogen-bond donors (Lipinski definition) is 0. The van der Waals surface area contributed by atoms with Crippen molar-refractivity contribution in [3.63, 3.8) is 0 Å². The van der Waals surface area contributed by atoms with Crippen LogP contribution in [0.25, 0.3) is 0 Å². The van der Waals surface area contributed by atoms with Gasteiger partial charge in [-0.25, -0.2) is 0 Å². The monoisotopic (exact) mass is 212 g/mol. The van der Waals surface area contributed by atoms with Crippen LogP contribution in [0.5, 0.6) is 5.75 Å². The lowest BCUT2D eigenvalue weighted by atomic mass is 10.3. The zero-order valence-electron chi connectivity index (χ0n) is 9.82. The Labute approximate surface area is 88.5 Å². The van der Waals surface area contributed by atoms with Gasteiger partial charge in [0.05, 0.1) is 5.66 Å². The van der Waals surface area contributed by atoms with E-state index in [1.807, 2.05) is 6.07 Å². The first-order valence-corrected chi connectivity index (χ1v) is 8.07. The molecule has 0 aliphatic heterocycles. The molecule has 0 heterocycles. The minimum Gasteiger partial charge on any atom is -0.872 e. The largest absolute Gasteiger partial charge is 0.872 e. The summed E-state index contributed by atoms with van der Waals surface area (Å²) in [6, 6.07) is 8.33. The lowest BCUT2D eigenvalue weighted by Crippen LogP contribution is -1.99. The van der Waals surface area contributed by atoms with Crippen LogP contribution in [0, 0.1) is 0 Å². The fourth-order valence-corrected chi connectivity index (χ4v) is 0.420. The zero-order valence-corrected chi connectivity index (χ0v) is 10.7. The van der Waals surface area contributed by atoms with Gasteiger partial charge in [-0.1, -0.05) is 30.3 Å². The highest BCUT2D eigenvalue weighted by molar-refractivity contribution is 7.74. The van der Waals surface area contributed by atoms with Gasteiger partial charge < -0.3 is 5.11 Å². The molecule has 0 radical (unpaired) electrons. The van der Waals surface area contributed by atoms with Gasteiger partial charge in [0, 0.05) is 27.3 Å². The molecule has 0 fully saturated rings. The van der Waals surface area contributed by atoms with Crippen molar-refractivity contribution < 1.29 is 5.11 Å². The highest BCUT2D eigenvalue weighted by Crippen LogP contribution is 2.51. The summed E-state index contributed by atoms with van der Waals surface area (Å²) in [5.74, 6) is 0.0718. The molecule has 2 heteroatoms. The molecule has 0 spiro atoms. The fraction of sp³-hybridized carbons (Fsp3) is 0.500. The van der Waals surface area contributed by atoms with E-state index >= 15 is 0 Å². The predicted octanol–water partition coefficient (Wildman–Crippen LogP) is 3.06. The Morgan fingerprint density at radius 3 is 1.50 bits per heavy atom. The minimum atomic E-state index is -0.488. The predicted molar refractivity (Wildman–Crippen MR) is 65.7 cm³/mol. The molecular weight excluding hydrogens is 191 g/mol. The second-order valence-corrected chi connectivity index (χ2v) is 9.79. The van der Waals surface area contributed by atoms with Crippen molar-refractivity contribution in [2.75, 3.05) is 20.0 Å². The third-order valence-corrected chi connectivity index (χ3v) is 5.39. The van der Waals surface area contributed by atoms with Crippen LogP contribution in [0.3, 0.4) is 0 Å². The molecule has 0 atom stereocenters. The quantitative estimate of drug-likeness (QED) is 0.656. The van der Waals surface area contributed by atoms with E-state index in [-0.39, 0.29) is 5.75 Å². The second-order valence-electron chi connectivity index (χ2n) is 4.52. The van der Waals surface area contributed by atoms with E-state index in [2.05, 4.69) is 33.8 Å². The molecule has 0 aromatic heterocycles. The Morgan fingerprint density at radius 2 is 1.36 bits per heavy atom. The Kier molecular flexibility index (Phi) is 5.79. The summed E-state index contributed by atoms with van der Waals surface area (Å²) in [6.07, 6.45) is 0. The maximum Gasteiger partial charge on any atom is 0.0633 e. The van der Waals surface area contributed by atoms with Gasteiger partial charge in [0.25, 0.3) is 0 Å². The summed E-state index contributed by atoms with van der Waals surface area (Å²) in [5, 5.41) is 10.3. The van der Waals surface area contributed by atoms with Gasteiger partial charge >= 0.3 is 0 Å². The van der Waals surface area contributed by atoms with E-state index in [4.69, 9.17) is 0 Å². The lowest BCUT2D eigenvalue weighted by molar-refractivity contribution is -0.268. The zero-order chi connectivity index (χ0) is 11.2. The van der Waals surface area contributed by atoms with Crippen LogP contribution in [0.1, 0.15) is 13.8 Å². The van der Waals surface area contributed by atoms with E-state index < -0.39 is 7.26 Å². The molecule has 1 nitrogen and oxygen atoms in total. The highest BCUT2D eigenvalue weighted by atomic mass is 31.2. The lowest BCUT2D eigenvalue weighted by Gasteiger charge is -2.15. The van der Waals surface area contributed by atoms with Gasteiger partial charge in [0.15, 0.2) is 0 Å². The topological polar surface area (TPSA) is 23.1 Å². The first-order chi connectivity index (χ1) is 6.34. The Bertz CT molecular complexity index is 236. The van der Waals surface area contributed by atoms with Crippen LogP contribution < -0.4 is 5.11 Å². The molecule has 1 aromatic carbocycles. The number of benzene rings is 1. The van der Waals surface area contributed by atoms with Crippen LogP contribution in [0.15, 0.2) is 30.3 Å². The Hall–Kier alpha value is -0.550. The molecule has 80 valence electrons. The van der Waals surface area contributed by atoms with Crippen LogP contribution >= 0.6 is 7.26 Å². The van der Waals surface area contributed by atoms with Crippen molar-refractivity contribution in [2.45, 2.75) is 19.5 Å². The summed E-state index contributed by atoms with van der Waals surface area (Å²) >= 11 is 0. The number of hydrogen-bond acceptors (Lipinski definition) is 1. The smallest absolute Gasteiger partial charge is 0.0633 e. The summed E-state index contributed by atoms with van der Waals surface area (Å²) in [4.78, 5) is 0. The summed E-state index contributed by atoms with van der Waals surface area (Å²) in [6.45, 7) is 11.7. The standard InChI is InChI=1S/C6H6O.C6H16P/c7-6-4-2-1-3-5-6;1-6(2)7(3,4)5/h1-5,7H;6H,1-5H3/q;+1/p-1. The number of para-hydroxylation sites is 1. The Balaban J connectivity index is 0.000000241. The highest BCUT2D eigenvalue weighted by Gasteiger charge is 2.21. The average molecular weight is 212 g/mol. The molecule has 0 N–H and O–H groups in total. The molecule has 0 unspecified atom stereocenters. The first kappa shape index (κ1) is 13.4. The van der Waals surface area contributed by atoms with Crippen molar-refractivity contribution in [3.05, 3.63) is 30.3 Å². The third kappa shape index (κ3) is 6.91. The van der Waals surface area contributed by atoms with Gasteiger partial charge in [-0.05, 0) is 13.8 Å². The molecular formula is C12H21OP. The van der Waals surface area contributed by atoms with E-state index in [9.17, 15) is 5.11 Å². The Morgan fingerprint density at radius 1 is 1.00 bits per heavy atom. The number of rotatable bonds is 1. The van der Waals surface area contributed by atoms with Crippen LogP contribution in [-0.4, -0.2) is 25.7 Å². The fourth-order valence-electron chi connectivity index (χ4n) is 0.420. The van der Waals surface area contributed by atoms with Gasteiger partial charge in [-0.15, -0.1) is 5.75 Å². The van der Waals surface area contributed by atoms with Crippen molar-refractivity contribution in [1.29, 1.82) is 0 Å². The summed E-state index contributed by atoms with van der Waals surface area (Å²) in [7, 11) is -0.488. The molecule has 0 amide bonds. The van der Waals surface area contributed by atoms with E-state index in [0.717, 1.165) is 5.66 Å². The van der Waals surface area contributed by atoms with Crippen LogP contribution in [0.2, 0.25) is 0 Å². The van der Waals surface area contributed by atoms with Gasteiger partial charge in [-0.2, -0.15) is 0 Å². The van der Waals surface area contributed by atoms with Crippen molar-refractivity contribution in [3.8, 4) is 5.75 Å². The maximum absolute atomic E-state index is 10.3. The molecule has 0 aliphatic rings. The van der Waals surface area contributed by atoms with Crippen molar-refractivity contribution >= 4 is 7.26 Å². The molecule has 0 aliphatic carbocycles. The van der Waals surface area contributed by atoms with Gasteiger partial charge in [0.1, 0.15) is 0 Å². The first-order valence-electron chi connectivity index (χ1n) is 4.87. The van der Waals surface area contributed by atoms with E-state index in [1.165, 1.54) is 12.1 Å². The third-order valence-electron chi connectivity index (χ3n) is 2.29. The minimum absolute atomic E-state index is 0.0718. The van der Waals surface area contributed by atoms with E-state index in [0.29, 0.717) is 0 Å². The van der Waals surface area contributed by atoms with Gasteiger partial charge in [-0.3, -0.25) is 0 Å². The van der Waals surface area contributed by atoms with Crippen molar-refractivity contribution in [2.24, 2.45) is 0 Å². The molecule has 1 rings (SSSR count). The van der Waals surface area contributed by atoms with Gasteiger partial charge in [0.2, 0.25) is 0 Å². The van der Waals surface area contributed by atoms with E-state index in [1.54, 1.807) is 12.1 Å². The molecule has 0 saturated carbocycles. The van der Waals surface area contributed by atoms with Crippen LogP contribution in [0.4, 0.5) is 0 Å². The normalized spacial score (nSPS) is 10.7. The molecule has 14 heavy (non-hydrogen) atoms. The molecule has 1 aromatic rings. The van der Waals surface area contributed by atoms with Crippen LogP contribution in [-0.2, 0) is 0 Å². The summed E-state index contributed by atoms with van der Waals surface area (Å²) < 4.78 is 0. The van der Waals surface area contributed by atoms with Crippen molar-refractivity contribution in [1.82, 2.24) is 0 Å². The maximum atomic E-state index is 10.3. The molecule has 0 saturated heterocycles. The SMILES string of the molecule is CC(C)[P+](C)(C)C.[O-]c1ccccc1. The summed E-state index contributed by atoms with van der Waals surface area (Å²) in [5.41, 5.74) is 0.910. The average Bonchev–Trinajstić information content (AvgIpc) is 2.04.